The second kappa shape index (κ2) is 9.72. The summed E-state index contributed by atoms with van der Waals surface area (Å²) in [6.07, 6.45) is 3.90. The van der Waals surface area contributed by atoms with Crippen LogP contribution in [0.25, 0.3) is 0 Å². The first-order chi connectivity index (χ1) is 15.1. The van der Waals surface area contributed by atoms with E-state index in [0.717, 1.165) is 49.9 Å². The molecule has 0 atom stereocenters. The van der Waals surface area contributed by atoms with Crippen molar-refractivity contribution in [3.63, 3.8) is 0 Å². The van der Waals surface area contributed by atoms with E-state index in [4.69, 9.17) is 21.6 Å². The molecule has 2 saturated heterocycles. The van der Waals surface area contributed by atoms with E-state index in [-0.39, 0.29) is 12.0 Å². The highest BCUT2D eigenvalue weighted by Crippen LogP contribution is 2.31. The summed E-state index contributed by atoms with van der Waals surface area (Å²) in [4.78, 5) is 14.9. The zero-order chi connectivity index (χ0) is 21.8. The maximum Gasteiger partial charge on any atom is 0.253 e. The van der Waals surface area contributed by atoms with Crippen molar-refractivity contribution in [3.05, 3.63) is 63.7 Å². The quantitative estimate of drug-likeness (QED) is 0.754. The van der Waals surface area contributed by atoms with E-state index in [1.165, 1.54) is 5.56 Å². The lowest BCUT2D eigenvalue weighted by atomic mass is 9.90. The van der Waals surface area contributed by atoms with E-state index in [2.05, 4.69) is 23.5 Å². The van der Waals surface area contributed by atoms with Crippen LogP contribution in [0, 0.1) is 18.3 Å². The third-order valence-corrected chi connectivity index (χ3v) is 6.94. The van der Waals surface area contributed by atoms with Crippen LogP contribution in [0.2, 0.25) is 5.02 Å². The van der Waals surface area contributed by atoms with Crippen LogP contribution in [0.1, 0.15) is 58.6 Å². The van der Waals surface area contributed by atoms with Crippen LogP contribution < -0.4 is 10.1 Å². The molecule has 31 heavy (non-hydrogen) atoms. The Morgan fingerprint density at radius 3 is 2.42 bits per heavy atom. The minimum atomic E-state index is 0.0361. The summed E-state index contributed by atoms with van der Waals surface area (Å²) < 4.78 is 6.15. The Kier molecular flexibility index (Phi) is 6.80. The van der Waals surface area contributed by atoms with Gasteiger partial charge in [0.15, 0.2) is 0 Å². The number of ether oxygens (including phenoxy) is 1. The fraction of sp³-hybridized carbons (Fsp3) is 0.440. The molecule has 6 heteroatoms. The van der Waals surface area contributed by atoms with Gasteiger partial charge in [-0.3, -0.25) is 4.79 Å². The Labute approximate surface area is 189 Å². The van der Waals surface area contributed by atoms with Crippen LogP contribution in [0.5, 0.6) is 5.75 Å². The normalized spacial score (nSPS) is 17.9. The topological polar surface area (TPSA) is 65.4 Å². The van der Waals surface area contributed by atoms with E-state index < -0.39 is 0 Å². The summed E-state index contributed by atoms with van der Waals surface area (Å²) in [5, 5.41) is 12.9. The predicted octanol–water partition coefficient (Wildman–Crippen LogP) is 4.67. The predicted molar refractivity (Wildman–Crippen MR) is 122 cm³/mol. The van der Waals surface area contributed by atoms with Crippen LogP contribution in [-0.2, 0) is 0 Å². The average molecular weight is 438 g/mol. The van der Waals surface area contributed by atoms with Gasteiger partial charge in [0.1, 0.15) is 17.9 Å². The summed E-state index contributed by atoms with van der Waals surface area (Å²) in [6, 6.07) is 13.8. The van der Waals surface area contributed by atoms with Gasteiger partial charge in [-0.25, -0.2) is 0 Å². The van der Waals surface area contributed by atoms with Crippen LogP contribution in [0.3, 0.4) is 0 Å². The summed E-state index contributed by atoms with van der Waals surface area (Å²) in [5.74, 6) is 1.40. The number of amides is 1. The molecule has 4 rings (SSSR count). The van der Waals surface area contributed by atoms with E-state index in [1.54, 1.807) is 12.1 Å². The van der Waals surface area contributed by atoms with Crippen molar-refractivity contribution in [2.45, 2.75) is 44.6 Å². The fourth-order valence-corrected chi connectivity index (χ4v) is 4.67. The number of piperidine rings is 2. The summed E-state index contributed by atoms with van der Waals surface area (Å²) in [6.45, 7) is 5.34. The molecule has 2 aromatic rings. The van der Waals surface area contributed by atoms with Gasteiger partial charge in [-0.05, 0) is 68.6 Å². The fourth-order valence-electron chi connectivity index (χ4n) is 4.47. The van der Waals surface area contributed by atoms with Gasteiger partial charge in [0.25, 0.3) is 5.91 Å². The molecule has 0 unspecified atom stereocenters. The maximum atomic E-state index is 12.9. The first kappa shape index (κ1) is 21.7. The lowest BCUT2D eigenvalue weighted by Crippen LogP contribution is -2.41. The number of nitrogens with zero attached hydrogens (tertiary/aromatic N) is 2. The van der Waals surface area contributed by atoms with Crippen molar-refractivity contribution in [3.8, 4) is 11.8 Å². The molecule has 5 nitrogen and oxygen atoms in total. The molecule has 0 aromatic heterocycles. The standard InChI is InChI=1S/C25H28ClN3O2/c1-17-23(7-6-21(16-27)24(17)26)31-22-10-14-29(15-11-22)25(30)20-4-2-18(3-5-20)19-8-12-28-13-9-19/h2-7,19,22,28H,8-15H2,1H3. The van der Waals surface area contributed by atoms with Crippen LogP contribution in [0.4, 0.5) is 0 Å². The molecule has 1 amide bonds. The van der Waals surface area contributed by atoms with Crippen molar-refractivity contribution < 1.29 is 9.53 Å². The molecule has 0 aliphatic carbocycles. The number of hydrogen-bond donors (Lipinski definition) is 1. The molecule has 162 valence electrons. The third-order valence-electron chi connectivity index (χ3n) is 6.45. The van der Waals surface area contributed by atoms with Gasteiger partial charge in [0.05, 0.1) is 10.6 Å². The molecule has 2 aromatic carbocycles. The Balaban J connectivity index is 1.33. The number of rotatable bonds is 4. The molecule has 2 fully saturated rings. The van der Waals surface area contributed by atoms with Gasteiger partial charge in [0, 0.05) is 37.1 Å². The molecule has 0 saturated carbocycles. The maximum absolute atomic E-state index is 12.9. The number of hydrogen-bond acceptors (Lipinski definition) is 4. The second-order valence-electron chi connectivity index (χ2n) is 8.42. The number of halogens is 1. The van der Waals surface area contributed by atoms with Crippen molar-refractivity contribution in [1.82, 2.24) is 10.2 Å². The van der Waals surface area contributed by atoms with Crippen LogP contribution in [-0.4, -0.2) is 43.1 Å². The molecular formula is C25H28ClN3O2. The monoisotopic (exact) mass is 437 g/mol. The highest BCUT2D eigenvalue weighted by atomic mass is 35.5. The highest BCUT2D eigenvalue weighted by molar-refractivity contribution is 6.32. The van der Waals surface area contributed by atoms with Gasteiger partial charge in [-0.2, -0.15) is 5.26 Å². The first-order valence-corrected chi connectivity index (χ1v) is 11.4. The van der Waals surface area contributed by atoms with Crippen molar-refractivity contribution in [2.24, 2.45) is 0 Å². The molecule has 0 radical (unpaired) electrons. The van der Waals surface area contributed by atoms with Gasteiger partial charge in [0.2, 0.25) is 0 Å². The SMILES string of the molecule is Cc1c(OC2CCN(C(=O)c3ccc(C4CCNCC4)cc3)CC2)ccc(C#N)c1Cl. The van der Waals surface area contributed by atoms with Crippen molar-refractivity contribution >= 4 is 17.5 Å². The number of benzene rings is 2. The second-order valence-corrected chi connectivity index (χ2v) is 8.80. The summed E-state index contributed by atoms with van der Waals surface area (Å²) in [5.41, 5.74) is 3.33. The smallest absolute Gasteiger partial charge is 0.253 e. The molecule has 0 bridgehead atoms. The largest absolute Gasteiger partial charge is 0.490 e. The van der Waals surface area contributed by atoms with E-state index >= 15 is 0 Å². The van der Waals surface area contributed by atoms with Crippen LogP contribution in [0.15, 0.2) is 36.4 Å². The third kappa shape index (κ3) is 4.87. The summed E-state index contributed by atoms with van der Waals surface area (Å²) in [7, 11) is 0. The molecule has 2 heterocycles. The van der Waals surface area contributed by atoms with Gasteiger partial charge in [-0.15, -0.1) is 0 Å². The van der Waals surface area contributed by atoms with Crippen molar-refractivity contribution in [2.75, 3.05) is 26.2 Å². The van der Waals surface area contributed by atoms with Gasteiger partial charge in [-0.1, -0.05) is 23.7 Å². The van der Waals surface area contributed by atoms with Gasteiger partial charge < -0.3 is 15.0 Å². The summed E-state index contributed by atoms with van der Waals surface area (Å²) >= 11 is 6.25. The number of nitrogens with one attached hydrogen (secondary N) is 1. The van der Waals surface area contributed by atoms with E-state index in [0.29, 0.717) is 35.3 Å². The Hall–Kier alpha value is -2.55. The van der Waals surface area contributed by atoms with Gasteiger partial charge >= 0.3 is 0 Å². The number of carbonyl (C=O) groups is 1. The number of carbonyl (C=O) groups excluding carboxylic acids is 1. The molecule has 2 aliphatic heterocycles. The minimum Gasteiger partial charge on any atom is -0.490 e. The van der Waals surface area contributed by atoms with Crippen LogP contribution >= 0.6 is 11.6 Å². The lowest BCUT2D eigenvalue weighted by Gasteiger charge is -2.32. The van der Waals surface area contributed by atoms with E-state index in [1.807, 2.05) is 24.0 Å². The first-order valence-electron chi connectivity index (χ1n) is 11.0. The number of likely N-dealkylation sites (tertiary alicyclic amines) is 1. The zero-order valence-corrected chi connectivity index (χ0v) is 18.6. The molecular weight excluding hydrogens is 410 g/mol. The Morgan fingerprint density at radius 2 is 1.77 bits per heavy atom. The Bertz CT molecular complexity index is 969. The average Bonchev–Trinajstić information content (AvgIpc) is 2.83. The number of nitriles is 1. The van der Waals surface area contributed by atoms with Crippen molar-refractivity contribution in [1.29, 1.82) is 5.26 Å². The molecule has 1 N–H and O–H groups in total. The molecule has 2 aliphatic rings. The Morgan fingerprint density at radius 1 is 1.10 bits per heavy atom. The zero-order valence-electron chi connectivity index (χ0n) is 17.9. The minimum absolute atomic E-state index is 0.0361. The highest BCUT2D eigenvalue weighted by Gasteiger charge is 2.26. The molecule has 0 spiro atoms. The lowest BCUT2D eigenvalue weighted by molar-refractivity contribution is 0.0594. The van der Waals surface area contributed by atoms with E-state index in [9.17, 15) is 4.79 Å².